The Hall–Kier alpha value is -1.85. The summed E-state index contributed by atoms with van der Waals surface area (Å²) in [6, 6.07) is 14.0. The van der Waals surface area contributed by atoms with Crippen LogP contribution in [0.2, 0.25) is 0 Å². The van der Waals surface area contributed by atoms with Crippen molar-refractivity contribution in [3.8, 4) is 17.2 Å². The van der Waals surface area contributed by atoms with E-state index in [1.165, 1.54) is 19.5 Å². The molecule has 2 aromatic rings. The average molecular weight is 386 g/mol. The third-order valence-electron chi connectivity index (χ3n) is 5.41. The molecule has 4 nitrogen and oxygen atoms in total. The number of likely N-dealkylation sites (tertiary alicyclic amines) is 1. The maximum Gasteiger partial charge on any atom is 0.134 e. The Morgan fingerprint density at radius 2 is 2.07 bits per heavy atom. The highest BCUT2D eigenvalue weighted by Gasteiger charge is 2.24. The van der Waals surface area contributed by atoms with Crippen molar-refractivity contribution in [2.45, 2.75) is 37.3 Å². The van der Waals surface area contributed by atoms with Gasteiger partial charge in [0.2, 0.25) is 0 Å². The van der Waals surface area contributed by atoms with Gasteiger partial charge in [0.05, 0.1) is 4.90 Å². The van der Waals surface area contributed by atoms with Crippen LogP contribution < -0.4 is 9.47 Å². The molecule has 0 spiro atoms. The minimum absolute atomic E-state index is 0.0195. The number of ether oxygens (including phenoxy) is 2. The van der Waals surface area contributed by atoms with Crippen molar-refractivity contribution in [1.29, 1.82) is 0 Å². The van der Waals surface area contributed by atoms with Gasteiger partial charge >= 0.3 is 0 Å². The fourth-order valence-corrected chi connectivity index (χ4v) is 4.75. The molecule has 0 radical (unpaired) electrons. The van der Waals surface area contributed by atoms with Crippen LogP contribution in [-0.4, -0.2) is 41.5 Å². The zero-order valence-corrected chi connectivity index (χ0v) is 16.7. The fraction of sp³-hybridized carbons (Fsp3) is 0.455. The molecule has 2 aliphatic rings. The zero-order valence-electron chi connectivity index (χ0n) is 15.9. The first-order chi connectivity index (χ1) is 13.1. The summed E-state index contributed by atoms with van der Waals surface area (Å²) < 4.78 is 12.1. The Balaban J connectivity index is 1.33. The topological polar surface area (TPSA) is 41.9 Å². The summed E-state index contributed by atoms with van der Waals surface area (Å²) in [6.07, 6.45) is 1.31. The fourth-order valence-electron chi connectivity index (χ4n) is 3.69. The standard InChI is InChI=1S/C22H27NO3S/c1-15-9-10-23(12-15)16(2)13-25-19-6-3-17(4-7-19)21-14-27-22-11-18(24)5-8-20(22)26-21/h3-8,11,15-16,21,24H,9-10,12-14H2,1-2H3/t15-,16+,21?/m0/s1. The second kappa shape index (κ2) is 8.03. The van der Waals surface area contributed by atoms with E-state index >= 15 is 0 Å². The predicted octanol–water partition coefficient (Wildman–Crippen LogP) is 4.73. The predicted molar refractivity (Wildman–Crippen MR) is 109 cm³/mol. The van der Waals surface area contributed by atoms with E-state index in [9.17, 15) is 5.11 Å². The summed E-state index contributed by atoms with van der Waals surface area (Å²) in [6.45, 7) is 7.65. The maximum absolute atomic E-state index is 9.59. The van der Waals surface area contributed by atoms with Crippen molar-refractivity contribution < 1.29 is 14.6 Å². The lowest BCUT2D eigenvalue weighted by Gasteiger charge is -2.26. The van der Waals surface area contributed by atoms with Crippen molar-refractivity contribution in [3.05, 3.63) is 48.0 Å². The number of hydrogen-bond donors (Lipinski definition) is 1. The Kier molecular flexibility index (Phi) is 5.50. The molecule has 4 rings (SSSR count). The Morgan fingerprint density at radius 3 is 2.81 bits per heavy atom. The molecule has 2 aromatic carbocycles. The molecule has 2 heterocycles. The van der Waals surface area contributed by atoms with E-state index in [1.54, 1.807) is 23.9 Å². The summed E-state index contributed by atoms with van der Waals surface area (Å²) in [5.41, 5.74) is 1.15. The average Bonchev–Trinajstić information content (AvgIpc) is 3.12. The first-order valence-corrected chi connectivity index (χ1v) is 10.7. The molecule has 5 heteroatoms. The van der Waals surface area contributed by atoms with Crippen LogP contribution in [-0.2, 0) is 0 Å². The van der Waals surface area contributed by atoms with Crippen LogP contribution in [0.4, 0.5) is 0 Å². The highest BCUT2D eigenvalue weighted by molar-refractivity contribution is 7.99. The van der Waals surface area contributed by atoms with E-state index in [2.05, 4.69) is 30.9 Å². The van der Waals surface area contributed by atoms with Crippen LogP contribution in [0.25, 0.3) is 0 Å². The van der Waals surface area contributed by atoms with Crippen molar-refractivity contribution in [1.82, 2.24) is 4.90 Å². The highest BCUT2D eigenvalue weighted by Crippen LogP contribution is 2.42. The van der Waals surface area contributed by atoms with Crippen molar-refractivity contribution >= 4 is 11.8 Å². The van der Waals surface area contributed by atoms with E-state index in [4.69, 9.17) is 9.47 Å². The summed E-state index contributed by atoms with van der Waals surface area (Å²) in [5.74, 6) is 3.66. The van der Waals surface area contributed by atoms with Crippen molar-refractivity contribution in [2.24, 2.45) is 5.92 Å². The van der Waals surface area contributed by atoms with E-state index in [1.807, 2.05) is 18.2 Å². The molecule has 0 bridgehead atoms. The van der Waals surface area contributed by atoms with E-state index in [0.29, 0.717) is 6.04 Å². The summed E-state index contributed by atoms with van der Waals surface area (Å²) in [7, 11) is 0. The van der Waals surface area contributed by atoms with Crippen LogP contribution in [0.1, 0.15) is 31.9 Å². The monoisotopic (exact) mass is 385 g/mol. The van der Waals surface area contributed by atoms with Gasteiger partial charge in [-0.15, -0.1) is 11.8 Å². The van der Waals surface area contributed by atoms with Crippen LogP contribution in [0.5, 0.6) is 17.2 Å². The molecule has 0 aromatic heterocycles. The molecule has 1 unspecified atom stereocenters. The Labute approximate surface area is 165 Å². The van der Waals surface area contributed by atoms with Gasteiger partial charge in [-0.05, 0) is 61.7 Å². The molecule has 1 saturated heterocycles. The minimum Gasteiger partial charge on any atom is -0.508 e. The number of hydrogen-bond acceptors (Lipinski definition) is 5. The third kappa shape index (κ3) is 4.36. The number of phenols is 1. The Morgan fingerprint density at radius 1 is 1.26 bits per heavy atom. The zero-order chi connectivity index (χ0) is 18.8. The number of thioether (sulfide) groups is 1. The van der Waals surface area contributed by atoms with Gasteiger partial charge in [0, 0.05) is 18.3 Å². The molecule has 2 aliphatic heterocycles. The van der Waals surface area contributed by atoms with Gasteiger partial charge in [-0.25, -0.2) is 0 Å². The molecule has 3 atom stereocenters. The van der Waals surface area contributed by atoms with Gasteiger partial charge < -0.3 is 14.6 Å². The van der Waals surface area contributed by atoms with Gasteiger partial charge in [0.25, 0.3) is 0 Å². The lowest BCUT2D eigenvalue weighted by molar-refractivity contribution is 0.169. The summed E-state index contributed by atoms with van der Waals surface area (Å²) in [5, 5.41) is 9.59. The normalized spacial score (nSPS) is 23.5. The maximum atomic E-state index is 9.59. The van der Waals surface area contributed by atoms with E-state index in [-0.39, 0.29) is 11.9 Å². The number of rotatable bonds is 5. The smallest absolute Gasteiger partial charge is 0.134 e. The molecule has 144 valence electrons. The van der Waals surface area contributed by atoms with Crippen LogP contribution in [0.3, 0.4) is 0 Å². The molecule has 1 fully saturated rings. The summed E-state index contributed by atoms with van der Waals surface area (Å²) >= 11 is 1.72. The van der Waals surface area contributed by atoms with Gasteiger partial charge in [0.15, 0.2) is 0 Å². The van der Waals surface area contributed by atoms with Gasteiger partial charge in [-0.3, -0.25) is 4.90 Å². The number of phenolic OH excluding ortho intramolecular Hbond substituents is 1. The number of fused-ring (bicyclic) bond motifs is 1. The molecule has 0 aliphatic carbocycles. The molecule has 1 N–H and O–H groups in total. The van der Waals surface area contributed by atoms with Crippen molar-refractivity contribution in [3.63, 3.8) is 0 Å². The SMILES string of the molecule is C[C@H]1CCN([C@H](C)COc2ccc(C3CSc4cc(O)ccc4O3)cc2)C1. The quantitative estimate of drug-likeness (QED) is 0.806. The van der Waals surface area contributed by atoms with E-state index in [0.717, 1.165) is 40.2 Å². The van der Waals surface area contributed by atoms with Crippen molar-refractivity contribution in [2.75, 3.05) is 25.4 Å². The molecule has 0 saturated carbocycles. The number of benzene rings is 2. The second-order valence-corrected chi connectivity index (χ2v) is 8.73. The molecular formula is C22H27NO3S. The first kappa shape index (κ1) is 18.5. The van der Waals surface area contributed by atoms with Gasteiger partial charge in [-0.1, -0.05) is 19.1 Å². The van der Waals surface area contributed by atoms with Gasteiger partial charge in [0.1, 0.15) is 30.0 Å². The van der Waals surface area contributed by atoms with Crippen LogP contribution in [0.15, 0.2) is 47.4 Å². The Bertz CT molecular complexity index is 780. The summed E-state index contributed by atoms with van der Waals surface area (Å²) in [4.78, 5) is 3.51. The molecule has 0 amide bonds. The van der Waals surface area contributed by atoms with Crippen LogP contribution >= 0.6 is 11.8 Å². The third-order valence-corrected chi connectivity index (χ3v) is 6.51. The second-order valence-electron chi connectivity index (χ2n) is 7.67. The number of nitrogens with zero attached hydrogens (tertiary/aromatic N) is 1. The molecular weight excluding hydrogens is 358 g/mol. The minimum atomic E-state index is 0.0195. The number of aromatic hydroxyl groups is 1. The van der Waals surface area contributed by atoms with E-state index < -0.39 is 0 Å². The lowest BCUT2D eigenvalue weighted by atomic mass is 10.1. The largest absolute Gasteiger partial charge is 0.508 e. The van der Waals surface area contributed by atoms with Gasteiger partial charge in [-0.2, -0.15) is 0 Å². The first-order valence-electron chi connectivity index (χ1n) is 9.68. The lowest BCUT2D eigenvalue weighted by Crippen LogP contribution is -2.35. The molecule has 27 heavy (non-hydrogen) atoms. The van der Waals surface area contributed by atoms with Crippen LogP contribution in [0, 0.1) is 5.92 Å². The highest BCUT2D eigenvalue weighted by atomic mass is 32.2.